The van der Waals surface area contributed by atoms with Crippen molar-refractivity contribution in [2.45, 2.75) is 25.6 Å². The van der Waals surface area contributed by atoms with Crippen LogP contribution in [0.3, 0.4) is 0 Å². The highest BCUT2D eigenvalue weighted by Crippen LogP contribution is 2.33. The summed E-state index contributed by atoms with van der Waals surface area (Å²) in [7, 11) is 0. The van der Waals surface area contributed by atoms with Gasteiger partial charge in [-0.2, -0.15) is 13.2 Å². The van der Waals surface area contributed by atoms with E-state index in [4.69, 9.17) is 0 Å². The lowest BCUT2D eigenvalue weighted by Gasteiger charge is -2.33. The smallest absolute Gasteiger partial charge is 0.298 e. The molecule has 122 valence electrons. The van der Waals surface area contributed by atoms with Crippen LogP contribution in [0.1, 0.15) is 18.4 Å². The number of likely N-dealkylation sites (tertiary alicyclic amines) is 1. The molecule has 1 aliphatic heterocycles. The van der Waals surface area contributed by atoms with Gasteiger partial charge in [-0.1, -0.05) is 54.6 Å². The molecule has 23 heavy (non-hydrogen) atoms. The van der Waals surface area contributed by atoms with E-state index in [-0.39, 0.29) is 13.0 Å². The van der Waals surface area contributed by atoms with E-state index < -0.39 is 12.1 Å². The average Bonchev–Trinajstić information content (AvgIpc) is 2.56. The van der Waals surface area contributed by atoms with Gasteiger partial charge in [-0.3, -0.25) is 4.90 Å². The lowest BCUT2D eigenvalue weighted by atomic mass is 9.97. The number of hydrogen-bond donors (Lipinski definition) is 0. The average molecular weight is 319 g/mol. The second-order valence-corrected chi connectivity index (χ2v) is 6.18. The topological polar surface area (TPSA) is 3.24 Å². The summed E-state index contributed by atoms with van der Waals surface area (Å²) in [5.41, 5.74) is 3.34. The molecule has 3 rings (SSSR count). The van der Waals surface area contributed by atoms with Gasteiger partial charge in [0.1, 0.15) is 0 Å². The number of benzene rings is 2. The quantitative estimate of drug-likeness (QED) is 0.758. The largest absolute Gasteiger partial charge is 0.393 e. The molecule has 0 spiro atoms. The summed E-state index contributed by atoms with van der Waals surface area (Å²) in [5.74, 6) is -1.18. The molecule has 2 aromatic carbocycles. The molecule has 0 aliphatic carbocycles. The Hall–Kier alpha value is -1.81. The van der Waals surface area contributed by atoms with Crippen LogP contribution < -0.4 is 0 Å². The maximum atomic E-state index is 12.9. The first-order chi connectivity index (χ1) is 11.0. The Bertz CT molecular complexity index is 619. The lowest BCUT2D eigenvalue weighted by molar-refractivity contribution is -0.187. The molecule has 4 heteroatoms. The van der Waals surface area contributed by atoms with Crippen LogP contribution in [0.2, 0.25) is 0 Å². The summed E-state index contributed by atoms with van der Waals surface area (Å²) in [6.45, 7) is 1.44. The summed E-state index contributed by atoms with van der Waals surface area (Å²) in [6, 6.07) is 18.2. The highest BCUT2D eigenvalue weighted by Gasteiger charge is 2.41. The fourth-order valence-corrected chi connectivity index (χ4v) is 3.16. The van der Waals surface area contributed by atoms with Crippen LogP contribution in [0.4, 0.5) is 13.2 Å². The number of halogens is 3. The molecule has 0 bridgehead atoms. The Morgan fingerprint density at radius 1 is 0.913 bits per heavy atom. The van der Waals surface area contributed by atoms with Gasteiger partial charge in [-0.15, -0.1) is 0 Å². The third kappa shape index (κ3) is 4.14. The second kappa shape index (κ2) is 6.75. The van der Waals surface area contributed by atoms with Crippen LogP contribution in [0.25, 0.3) is 11.1 Å². The van der Waals surface area contributed by atoms with Gasteiger partial charge in [-0.05, 0) is 36.1 Å². The zero-order valence-electron chi connectivity index (χ0n) is 12.9. The van der Waals surface area contributed by atoms with Crippen LogP contribution in [0, 0.1) is 5.92 Å². The van der Waals surface area contributed by atoms with Gasteiger partial charge < -0.3 is 0 Å². The summed E-state index contributed by atoms with van der Waals surface area (Å²) in [5, 5.41) is 0. The minimum Gasteiger partial charge on any atom is -0.298 e. The molecule has 0 N–H and O–H groups in total. The molecular formula is C19H20F3N. The van der Waals surface area contributed by atoms with Crippen LogP contribution in [0.5, 0.6) is 0 Å². The zero-order chi connectivity index (χ0) is 16.3. The second-order valence-electron chi connectivity index (χ2n) is 6.18. The molecule has 1 heterocycles. The molecule has 2 aromatic rings. The molecular weight excluding hydrogens is 299 g/mol. The van der Waals surface area contributed by atoms with E-state index in [1.807, 2.05) is 59.5 Å². The van der Waals surface area contributed by atoms with E-state index >= 15 is 0 Å². The highest BCUT2D eigenvalue weighted by molar-refractivity contribution is 5.63. The van der Waals surface area contributed by atoms with Crippen molar-refractivity contribution in [1.82, 2.24) is 4.90 Å². The zero-order valence-corrected chi connectivity index (χ0v) is 12.9. The Balaban J connectivity index is 1.64. The molecule has 0 saturated carbocycles. The maximum Gasteiger partial charge on any atom is 0.393 e. The third-order valence-electron chi connectivity index (χ3n) is 4.44. The van der Waals surface area contributed by atoms with E-state index in [0.717, 1.165) is 23.2 Å². The number of alkyl halides is 3. The van der Waals surface area contributed by atoms with E-state index in [9.17, 15) is 13.2 Å². The Morgan fingerprint density at radius 2 is 1.57 bits per heavy atom. The van der Waals surface area contributed by atoms with Gasteiger partial charge in [0.15, 0.2) is 0 Å². The lowest BCUT2D eigenvalue weighted by Crippen LogP contribution is -2.41. The van der Waals surface area contributed by atoms with Crippen LogP contribution >= 0.6 is 0 Å². The van der Waals surface area contributed by atoms with Crippen molar-refractivity contribution in [3.8, 4) is 11.1 Å². The summed E-state index contributed by atoms with van der Waals surface area (Å²) in [4.78, 5) is 1.92. The molecule has 1 atom stereocenters. The van der Waals surface area contributed by atoms with E-state index in [0.29, 0.717) is 13.0 Å². The highest BCUT2D eigenvalue weighted by atomic mass is 19.4. The molecule has 1 aliphatic rings. The molecule has 1 fully saturated rings. The van der Waals surface area contributed by atoms with Crippen molar-refractivity contribution in [2.75, 3.05) is 13.1 Å². The van der Waals surface area contributed by atoms with Crippen molar-refractivity contribution in [3.05, 3.63) is 60.2 Å². The monoisotopic (exact) mass is 319 g/mol. The van der Waals surface area contributed by atoms with Crippen LogP contribution in [-0.4, -0.2) is 24.2 Å². The third-order valence-corrected chi connectivity index (χ3v) is 4.44. The van der Waals surface area contributed by atoms with Gasteiger partial charge in [0.05, 0.1) is 5.92 Å². The Kier molecular flexibility index (Phi) is 4.71. The minimum absolute atomic E-state index is 0.115. The normalized spacial score (nSPS) is 19.7. The number of nitrogens with zero attached hydrogens (tertiary/aromatic N) is 1. The van der Waals surface area contributed by atoms with Crippen molar-refractivity contribution in [3.63, 3.8) is 0 Å². The number of hydrogen-bond acceptors (Lipinski definition) is 1. The SMILES string of the molecule is FC(F)(F)C1CCCN(Cc2ccc(-c3ccccc3)cc2)C1. The van der Waals surface area contributed by atoms with Gasteiger partial charge in [0.25, 0.3) is 0 Å². The van der Waals surface area contributed by atoms with Crippen LogP contribution in [-0.2, 0) is 6.54 Å². The van der Waals surface area contributed by atoms with E-state index in [2.05, 4.69) is 0 Å². The van der Waals surface area contributed by atoms with Gasteiger partial charge in [0.2, 0.25) is 0 Å². The molecule has 0 amide bonds. The molecule has 1 nitrogen and oxygen atoms in total. The summed E-state index contributed by atoms with van der Waals surface area (Å²) < 4.78 is 38.6. The van der Waals surface area contributed by atoms with Crippen molar-refractivity contribution in [2.24, 2.45) is 5.92 Å². The number of rotatable bonds is 3. The fourth-order valence-electron chi connectivity index (χ4n) is 3.16. The van der Waals surface area contributed by atoms with E-state index in [1.165, 1.54) is 0 Å². The standard InChI is InChI=1S/C19H20F3N/c20-19(21,22)18-7-4-12-23(14-18)13-15-8-10-17(11-9-15)16-5-2-1-3-6-16/h1-3,5-6,8-11,18H,4,7,12-14H2. The minimum atomic E-state index is -4.07. The van der Waals surface area contributed by atoms with Gasteiger partial charge >= 0.3 is 6.18 Å². The first-order valence-electron chi connectivity index (χ1n) is 7.96. The molecule has 1 unspecified atom stereocenters. The molecule has 1 saturated heterocycles. The Morgan fingerprint density at radius 3 is 2.22 bits per heavy atom. The van der Waals surface area contributed by atoms with Gasteiger partial charge in [-0.25, -0.2) is 0 Å². The Labute approximate surface area is 134 Å². The van der Waals surface area contributed by atoms with E-state index in [1.54, 1.807) is 0 Å². The number of piperidine rings is 1. The van der Waals surface area contributed by atoms with Gasteiger partial charge in [0, 0.05) is 13.1 Å². The fraction of sp³-hybridized carbons (Fsp3) is 0.368. The van der Waals surface area contributed by atoms with Crippen LogP contribution in [0.15, 0.2) is 54.6 Å². The van der Waals surface area contributed by atoms with Crippen molar-refractivity contribution >= 4 is 0 Å². The first kappa shape index (κ1) is 16.1. The van der Waals surface area contributed by atoms with Crippen molar-refractivity contribution in [1.29, 1.82) is 0 Å². The predicted octanol–water partition coefficient (Wildman–Crippen LogP) is 5.13. The maximum absolute atomic E-state index is 12.9. The summed E-state index contributed by atoms with van der Waals surface area (Å²) >= 11 is 0. The molecule has 0 radical (unpaired) electrons. The molecule has 0 aromatic heterocycles. The summed E-state index contributed by atoms with van der Waals surface area (Å²) in [6.07, 6.45) is -3.20. The van der Waals surface area contributed by atoms with Crippen molar-refractivity contribution < 1.29 is 13.2 Å². The predicted molar refractivity (Wildman–Crippen MR) is 85.9 cm³/mol. The first-order valence-corrected chi connectivity index (χ1v) is 7.96.